The molecule has 8 heteroatoms. The van der Waals surface area contributed by atoms with Crippen molar-refractivity contribution in [3.63, 3.8) is 0 Å². The number of imide groups is 2. The van der Waals surface area contributed by atoms with Crippen molar-refractivity contribution >= 4 is 35.5 Å². The number of anilines is 1. The van der Waals surface area contributed by atoms with Crippen LogP contribution in [0.15, 0.2) is 54.1 Å². The standard InChI is InChI=1S/C20H17N3O5/c1-12-3-2-4-14(9-12)21-17(24)11-28-15-7-5-13(6-8-15)10-16-18(25)22-20(27)23-19(16)26/h2-10H,11H2,1H3,(H,21,24)(H2,22,23,25,26,27). The molecule has 0 aromatic heterocycles. The molecule has 5 amide bonds. The number of urea groups is 1. The number of carbonyl (C=O) groups is 4. The highest BCUT2D eigenvalue weighted by Gasteiger charge is 2.27. The van der Waals surface area contributed by atoms with E-state index < -0.39 is 17.8 Å². The lowest BCUT2D eigenvalue weighted by Gasteiger charge is -2.14. The Bertz CT molecular complexity index is 958. The quantitative estimate of drug-likeness (QED) is 0.541. The lowest BCUT2D eigenvalue weighted by Crippen LogP contribution is -2.51. The van der Waals surface area contributed by atoms with E-state index >= 15 is 0 Å². The average molecular weight is 379 g/mol. The van der Waals surface area contributed by atoms with Crippen molar-refractivity contribution in [1.82, 2.24) is 10.6 Å². The van der Waals surface area contributed by atoms with Crippen molar-refractivity contribution in [2.45, 2.75) is 6.92 Å². The summed E-state index contributed by atoms with van der Waals surface area (Å²) in [5.41, 5.74) is 2.11. The zero-order valence-corrected chi connectivity index (χ0v) is 14.9. The van der Waals surface area contributed by atoms with Crippen LogP contribution in [0.5, 0.6) is 5.75 Å². The molecule has 28 heavy (non-hydrogen) atoms. The van der Waals surface area contributed by atoms with Gasteiger partial charge < -0.3 is 10.1 Å². The van der Waals surface area contributed by atoms with Crippen LogP contribution in [-0.2, 0) is 14.4 Å². The summed E-state index contributed by atoms with van der Waals surface area (Å²) < 4.78 is 5.44. The Hall–Kier alpha value is -3.94. The summed E-state index contributed by atoms with van der Waals surface area (Å²) in [6.07, 6.45) is 1.35. The molecule has 0 atom stereocenters. The summed E-state index contributed by atoms with van der Waals surface area (Å²) in [6.45, 7) is 1.77. The van der Waals surface area contributed by atoms with Crippen LogP contribution >= 0.6 is 0 Å². The van der Waals surface area contributed by atoms with Gasteiger partial charge in [0, 0.05) is 5.69 Å². The molecule has 1 fully saturated rings. The molecule has 0 saturated carbocycles. The van der Waals surface area contributed by atoms with Gasteiger partial charge in [-0.3, -0.25) is 25.0 Å². The highest BCUT2D eigenvalue weighted by Crippen LogP contribution is 2.16. The second kappa shape index (κ2) is 8.17. The van der Waals surface area contributed by atoms with E-state index in [1.165, 1.54) is 6.08 Å². The van der Waals surface area contributed by atoms with Gasteiger partial charge in [0.25, 0.3) is 17.7 Å². The van der Waals surface area contributed by atoms with Crippen molar-refractivity contribution in [2.24, 2.45) is 0 Å². The number of nitrogens with one attached hydrogen (secondary N) is 3. The first-order chi connectivity index (χ1) is 13.4. The molecule has 1 aliphatic rings. The van der Waals surface area contributed by atoms with E-state index in [1.54, 1.807) is 30.3 Å². The van der Waals surface area contributed by atoms with Gasteiger partial charge in [0.05, 0.1) is 0 Å². The number of hydrogen-bond acceptors (Lipinski definition) is 5. The second-order valence-electron chi connectivity index (χ2n) is 6.07. The van der Waals surface area contributed by atoms with Gasteiger partial charge in [-0.05, 0) is 48.4 Å². The number of hydrogen-bond donors (Lipinski definition) is 3. The first-order valence-electron chi connectivity index (χ1n) is 8.38. The molecule has 3 rings (SSSR count). The van der Waals surface area contributed by atoms with Crippen molar-refractivity contribution in [3.05, 3.63) is 65.2 Å². The van der Waals surface area contributed by atoms with E-state index in [0.717, 1.165) is 5.56 Å². The molecule has 1 saturated heterocycles. The summed E-state index contributed by atoms with van der Waals surface area (Å²) in [5.74, 6) is -1.37. The van der Waals surface area contributed by atoms with Crippen molar-refractivity contribution in [1.29, 1.82) is 0 Å². The summed E-state index contributed by atoms with van der Waals surface area (Å²) in [7, 11) is 0. The third kappa shape index (κ3) is 4.82. The van der Waals surface area contributed by atoms with Crippen molar-refractivity contribution in [2.75, 3.05) is 11.9 Å². The van der Waals surface area contributed by atoms with Crippen LogP contribution in [0.25, 0.3) is 6.08 Å². The number of amides is 5. The van der Waals surface area contributed by atoms with E-state index in [2.05, 4.69) is 5.32 Å². The largest absolute Gasteiger partial charge is 0.484 e. The molecule has 0 radical (unpaired) electrons. The lowest BCUT2D eigenvalue weighted by molar-refractivity contribution is -0.124. The number of rotatable bonds is 5. The van der Waals surface area contributed by atoms with Crippen LogP contribution in [0.1, 0.15) is 11.1 Å². The third-order valence-corrected chi connectivity index (χ3v) is 3.81. The number of ether oxygens (including phenoxy) is 1. The number of barbiturate groups is 1. The number of carbonyl (C=O) groups excluding carboxylic acids is 4. The lowest BCUT2D eigenvalue weighted by atomic mass is 10.1. The van der Waals surface area contributed by atoms with Gasteiger partial charge in [-0.2, -0.15) is 0 Å². The Morgan fingerprint density at radius 3 is 2.36 bits per heavy atom. The molecule has 1 heterocycles. The van der Waals surface area contributed by atoms with Crippen molar-refractivity contribution in [3.8, 4) is 5.75 Å². The molecular formula is C20H17N3O5. The van der Waals surface area contributed by atoms with E-state index in [1.807, 2.05) is 35.8 Å². The van der Waals surface area contributed by atoms with Gasteiger partial charge in [-0.15, -0.1) is 0 Å². The first-order valence-corrected chi connectivity index (χ1v) is 8.38. The maximum atomic E-state index is 12.0. The summed E-state index contributed by atoms with van der Waals surface area (Å²) >= 11 is 0. The van der Waals surface area contributed by atoms with Crippen LogP contribution in [0.4, 0.5) is 10.5 Å². The Kier molecular flexibility index (Phi) is 5.50. The smallest absolute Gasteiger partial charge is 0.328 e. The van der Waals surface area contributed by atoms with E-state index in [4.69, 9.17) is 4.74 Å². The minimum absolute atomic E-state index is 0.165. The SMILES string of the molecule is Cc1cccc(NC(=O)COc2ccc(C=C3C(=O)NC(=O)NC3=O)cc2)c1. The van der Waals surface area contributed by atoms with Crippen LogP contribution < -0.4 is 20.7 Å². The molecule has 1 aliphatic heterocycles. The molecule has 0 unspecified atom stereocenters. The molecule has 3 N–H and O–H groups in total. The van der Waals surface area contributed by atoms with Gasteiger partial charge in [-0.1, -0.05) is 24.3 Å². The molecule has 2 aromatic carbocycles. The highest BCUT2D eigenvalue weighted by molar-refractivity contribution is 6.31. The second-order valence-corrected chi connectivity index (χ2v) is 6.07. The van der Waals surface area contributed by atoms with Gasteiger partial charge in [0.1, 0.15) is 11.3 Å². The number of aryl methyl sites for hydroxylation is 1. The number of benzene rings is 2. The Morgan fingerprint density at radius 1 is 1.04 bits per heavy atom. The molecule has 0 spiro atoms. The van der Waals surface area contributed by atoms with Gasteiger partial charge in [0.2, 0.25) is 0 Å². The zero-order chi connectivity index (χ0) is 20.1. The molecule has 142 valence electrons. The average Bonchev–Trinajstić information content (AvgIpc) is 2.64. The Morgan fingerprint density at radius 2 is 1.71 bits per heavy atom. The normalized spacial score (nSPS) is 13.5. The fraction of sp³-hybridized carbons (Fsp3) is 0.100. The summed E-state index contributed by atoms with van der Waals surface area (Å²) in [4.78, 5) is 46.4. The third-order valence-electron chi connectivity index (χ3n) is 3.81. The highest BCUT2D eigenvalue weighted by atomic mass is 16.5. The summed E-state index contributed by atoms with van der Waals surface area (Å²) in [5, 5.41) is 6.74. The fourth-order valence-corrected chi connectivity index (χ4v) is 2.50. The zero-order valence-electron chi connectivity index (χ0n) is 14.9. The maximum absolute atomic E-state index is 12.0. The monoisotopic (exact) mass is 379 g/mol. The molecule has 0 bridgehead atoms. The molecule has 0 aliphatic carbocycles. The molecule has 8 nitrogen and oxygen atoms in total. The van der Waals surface area contributed by atoms with Crippen LogP contribution in [-0.4, -0.2) is 30.4 Å². The van der Waals surface area contributed by atoms with Gasteiger partial charge >= 0.3 is 6.03 Å². The molecule has 2 aromatic rings. The van der Waals surface area contributed by atoms with Crippen LogP contribution in [0.3, 0.4) is 0 Å². The minimum atomic E-state index is -0.847. The van der Waals surface area contributed by atoms with Crippen molar-refractivity contribution < 1.29 is 23.9 Å². The van der Waals surface area contributed by atoms with Gasteiger partial charge in [0.15, 0.2) is 6.61 Å². The summed E-state index contributed by atoms with van der Waals surface area (Å²) in [6, 6.07) is 13.0. The minimum Gasteiger partial charge on any atom is -0.484 e. The predicted octanol–water partition coefficient (Wildman–Crippen LogP) is 1.76. The maximum Gasteiger partial charge on any atom is 0.328 e. The topological polar surface area (TPSA) is 114 Å². The van der Waals surface area contributed by atoms with Gasteiger partial charge in [-0.25, -0.2) is 4.79 Å². The fourth-order valence-electron chi connectivity index (χ4n) is 2.50. The van der Waals surface area contributed by atoms with E-state index in [0.29, 0.717) is 17.0 Å². The molecular weight excluding hydrogens is 362 g/mol. The van der Waals surface area contributed by atoms with E-state index in [-0.39, 0.29) is 18.1 Å². The first kappa shape index (κ1) is 18.8. The Balaban J connectivity index is 1.58. The Labute approximate surface area is 160 Å². The van der Waals surface area contributed by atoms with Crippen LogP contribution in [0.2, 0.25) is 0 Å². The van der Waals surface area contributed by atoms with E-state index in [9.17, 15) is 19.2 Å². The predicted molar refractivity (Wildman–Crippen MR) is 101 cm³/mol. The van der Waals surface area contributed by atoms with Crippen LogP contribution in [0, 0.1) is 6.92 Å².